The Hall–Kier alpha value is -1.35. The first-order valence-electron chi connectivity index (χ1n) is 4.73. The second-order valence-electron chi connectivity index (χ2n) is 3.69. The van der Waals surface area contributed by atoms with Gasteiger partial charge in [-0.05, 0) is 32.4 Å². The molecule has 2 heterocycles. The van der Waals surface area contributed by atoms with Crippen molar-refractivity contribution in [2.24, 2.45) is 0 Å². The van der Waals surface area contributed by atoms with Crippen molar-refractivity contribution in [3.8, 4) is 0 Å². The van der Waals surface area contributed by atoms with E-state index in [4.69, 9.17) is 0 Å². The third-order valence-corrected chi connectivity index (χ3v) is 2.38. The van der Waals surface area contributed by atoms with Gasteiger partial charge in [0.2, 0.25) is 0 Å². The lowest BCUT2D eigenvalue weighted by Crippen LogP contribution is -1.99. The van der Waals surface area contributed by atoms with E-state index in [2.05, 4.69) is 4.98 Å². The number of aryl methyl sites for hydroxylation is 2. The first-order valence-corrected chi connectivity index (χ1v) is 4.73. The molecule has 0 saturated heterocycles. The van der Waals surface area contributed by atoms with Crippen LogP contribution in [-0.2, 0) is 0 Å². The minimum Gasteiger partial charge on any atom is -0.387 e. The molecule has 0 radical (unpaired) electrons. The van der Waals surface area contributed by atoms with E-state index in [0.717, 1.165) is 22.6 Å². The number of aliphatic hydroxyl groups is 1. The summed E-state index contributed by atoms with van der Waals surface area (Å²) >= 11 is 0. The van der Waals surface area contributed by atoms with Crippen molar-refractivity contribution in [3.63, 3.8) is 0 Å². The number of imidazole rings is 1. The van der Waals surface area contributed by atoms with Crippen LogP contribution in [0.25, 0.3) is 5.65 Å². The van der Waals surface area contributed by atoms with Crippen molar-refractivity contribution in [2.45, 2.75) is 26.9 Å². The maximum atomic E-state index is 9.62. The quantitative estimate of drug-likeness (QED) is 0.746. The molecular formula is C11H14N2O. The van der Waals surface area contributed by atoms with Crippen LogP contribution in [-0.4, -0.2) is 14.5 Å². The van der Waals surface area contributed by atoms with Gasteiger partial charge < -0.3 is 9.51 Å². The summed E-state index contributed by atoms with van der Waals surface area (Å²) < 4.78 is 1.95. The lowest BCUT2D eigenvalue weighted by molar-refractivity contribution is 0.192. The van der Waals surface area contributed by atoms with Gasteiger partial charge in [-0.2, -0.15) is 0 Å². The maximum Gasteiger partial charge on any atom is 0.137 e. The van der Waals surface area contributed by atoms with Crippen molar-refractivity contribution in [2.75, 3.05) is 0 Å². The summed E-state index contributed by atoms with van der Waals surface area (Å²) in [4.78, 5) is 4.38. The Kier molecular flexibility index (Phi) is 2.04. The van der Waals surface area contributed by atoms with E-state index >= 15 is 0 Å². The van der Waals surface area contributed by atoms with Crippen molar-refractivity contribution < 1.29 is 5.11 Å². The Morgan fingerprint density at radius 2 is 2.07 bits per heavy atom. The minimum atomic E-state index is -0.480. The van der Waals surface area contributed by atoms with Crippen LogP contribution < -0.4 is 0 Å². The van der Waals surface area contributed by atoms with Crippen LogP contribution in [0.4, 0.5) is 0 Å². The van der Waals surface area contributed by atoms with E-state index in [1.165, 1.54) is 0 Å². The van der Waals surface area contributed by atoms with Crippen LogP contribution in [0.15, 0.2) is 18.3 Å². The third kappa shape index (κ3) is 1.30. The van der Waals surface area contributed by atoms with E-state index < -0.39 is 6.10 Å². The largest absolute Gasteiger partial charge is 0.387 e. The van der Waals surface area contributed by atoms with Crippen LogP contribution in [0.1, 0.15) is 30.0 Å². The third-order valence-electron chi connectivity index (χ3n) is 2.38. The van der Waals surface area contributed by atoms with E-state index in [-0.39, 0.29) is 0 Å². The van der Waals surface area contributed by atoms with Gasteiger partial charge in [0, 0.05) is 6.20 Å². The molecule has 14 heavy (non-hydrogen) atoms. The van der Waals surface area contributed by atoms with Crippen molar-refractivity contribution >= 4 is 5.65 Å². The second-order valence-corrected chi connectivity index (χ2v) is 3.69. The number of aromatic nitrogens is 2. The molecule has 1 N–H and O–H groups in total. The normalized spacial score (nSPS) is 13.4. The zero-order chi connectivity index (χ0) is 10.3. The van der Waals surface area contributed by atoms with Crippen LogP contribution >= 0.6 is 0 Å². The first-order chi connectivity index (χ1) is 6.59. The number of pyridine rings is 1. The molecule has 2 rings (SSSR count). The van der Waals surface area contributed by atoms with Gasteiger partial charge in [0.15, 0.2) is 0 Å². The zero-order valence-electron chi connectivity index (χ0n) is 8.65. The molecule has 0 amide bonds. The Morgan fingerprint density at radius 3 is 2.71 bits per heavy atom. The maximum absolute atomic E-state index is 9.62. The first kappa shape index (κ1) is 9.21. The minimum absolute atomic E-state index is 0.480. The molecule has 0 saturated carbocycles. The molecule has 0 spiro atoms. The summed E-state index contributed by atoms with van der Waals surface area (Å²) in [5.74, 6) is 0. The SMILES string of the molecule is Cc1ccc2nc(C)c(C(C)O)n2c1. The Labute approximate surface area is 83.0 Å². The lowest BCUT2D eigenvalue weighted by Gasteiger charge is -2.05. The molecule has 2 aromatic rings. The van der Waals surface area contributed by atoms with Crippen LogP contribution in [0, 0.1) is 13.8 Å². The van der Waals surface area contributed by atoms with Crippen LogP contribution in [0.3, 0.4) is 0 Å². The second kappa shape index (κ2) is 3.10. The number of hydrogen-bond donors (Lipinski definition) is 1. The van der Waals surface area contributed by atoms with E-state index in [1.807, 2.05) is 36.6 Å². The predicted molar refractivity (Wildman–Crippen MR) is 55.3 cm³/mol. The van der Waals surface area contributed by atoms with Gasteiger partial charge in [0.25, 0.3) is 0 Å². The molecular weight excluding hydrogens is 176 g/mol. The van der Waals surface area contributed by atoms with Gasteiger partial charge in [-0.25, -0.2) is 4.98 Å². The zero-order valence-corrected chi connectivity index (χ0v) is 8.65. The van der Waals surface area contributed by atoms with Crippen molar-refractivity contribution in [1.29, 1.82) is 0 Å². The number of nitrogens with zero attached hydrogens (tertiary/aromatic N) is 2. The molecule has 1 unspecified atom stereocenters. The fourth-order valence-corrected chi connectivity index (χ4v) is 1.79. The smallest absolute Gasteiger partial charge is 0.137 e. The molecule has 0 aliphatic carbocycles. The van der Waals surface area contributed by atoms with Gasteiger partial charge in [0.05, 0.1) is 17.5 Å². The number of fused-ring (bicyclic) bond motifs is 1. The molecule has 0 aliphatic heterocycles. The summed E-state index contributed by atoms with van der Waals surface area (Å²) in [5, 5.41) is 9.62. The molecule has 3 heteroatoms. The van der Waals surface area contributed by atoms with Gasteiger partial charge >= 0.3 is 0 Å². The molecule has 74 valence electrons. The molecule has 2 aromatic heterocycles. The Morgan fingerprint density at radius 1 is 1.36 bits per heavy atom. The Bertz CT molecular complexity index is 471. The molecule has 1 atom stereocenters. The standard InChI is InChI=1S/C11H14N2O/c1-7-4-5-10-12-8(2)11(9(3)14)13(10)6-7/h4-6,9,14H,1-3H3. The van der Waals surface area contributed by atoms with Crippen LogP contribution in [0.2, 0.25) is 0 Å². The number of aliphatic hydroxyl groups excluding tert-OH is 1. The predicted octanol–water partition coefficient (Wildman–Crippen LogP) is 2.00. The Balaban J connectivity index is 2.79. The van der Waals surface area contributed by atoms with E-state index in [0.29, 0.717) is 0 Å². The van der Waals surface area contributed by atoms with Crippen LogP contribution in [0.5, 0.6) is 0 Å². The summed E-state index contributed by atoms with van der Waals surface area (Å²) in [5.41, 5.74) is 3.83. The summed E-state index contributed by atoms with van der Waals surface area (Å²) in [6.45, 7) is 5.71. The highest BCUT2D eigenvalue weighted by atomic mass is 16.3. The highest BCUT2D eigenvalue weighted by molar-refractivity contribution is 5.44. The average Bonchev–Trinajstić information content (AvgIpc) is 2.40. The average molecular weight is 190 g/mol. The number of hydrogen-bond acceptors (Lipinski definition) is 2. The molecule has 0 aliphatic rings. The van der Waals surface area contributed by atoms with Gasteiger partial charge in [-0.1, -0.05) is 6.07 Å². The summed E-state index contributed by atoms with van der Waals surface area (Å²) in [6, 6.07) is 3.99. The fraction of sp³-hybridized carbons (Fsp3) is 0.364. The molecule has 0 aromatic carbocycles. The molecule has 0 fully saturated rings. The summed E-state index contributed by atoms with van der Waals surface area (Å²) in [6.07, 6.45) is 1.52. The van der Waals surface area contributed by atoms with Crippen molar-refractivity contribution in [1.82, 2.24) is 9.38 Å². The highest BCUT2D eigenvalue weighted by Crippen LogP contribution is 2.19. The van der Waals surface area contributed by atoms with Gasteiger partial charge in [0.1, 0.15) is 5.65 Å². The lowest BCUT2D eigenvalue weighted by atomic mass is 10.2. The van der Waals surface area contributed by atoms with E-state index in [1.54, 1.807) is 6.92 Å². The monoisotopic (exact) mass is 190 g/mol. The van der Waals surface area contributed by atoms with Gasteiger partial charge in [-0.15, -0.1) is 0 Å². The molecule has 3 nitrogen and oxygen atoms in total. The van der Waals surface area contributed by atoms with E-state index in [9.17, 15) is 5.11 Å². The van der Waals surface area contributed by atoms with Gasteiger partial charge in [-0.3, -0.25) is 0 Å². The number of rotatable bonds is 1. The fourth-order valence-electron chi connectivity index (χ4n) is 1.79. The topological polar surface area (TPSA) is 37.5 Å². The van der Waals surface area contributed by atoms with Crippen molar-refractivity contribution in [3.05, 3.63) is 35.3 Å². The molecule has 0 bridgehead atoms. The highest BCUT2D eigenvalue weighted by Gasteiger charge is 2.12. The summed E-state index contributed by atoms with van der Waals surface area (Å²) in [7, 11) is 0.